The standard InChI is InChI=1S/C9H20N2.C2H6/c1-4-5-11-7-6-10(3)8-9(11)2;1-2/h9H,4-8H2,1-3H3;1-2H3/t9-;/m0./s1. The molecule has 1 saturated heterocycles. The Morgan fingerprint density at radius 2 is 1.85 bits per heavy atom. The van der Waals surface area contributed by atoms with Crippen LogP contribution in [0.3, 0.4) is 0 Å². The van der Waals surface area contributed by atoms with Crippen molar-refractivity contribution >= 4 is 0 Å². The first kappa shape index (κ1) is 12.9. The van der Waals surface area contributed by atoms with Gasteiger partial charge in [0.2, 0.25) is 0 Å². The van der Waals surface area contributed by atoms with Gasteiger partial charge in [-0.3, -0.25) is 4.90 Å². The van der Waals surface area contributed by atoms with Crippen LogP contribution < -0.4 is 0 Å². The monoisotopic (exact) mass is 186 g/mol. The van der Waals surface area contributed by atoms with E-state index in [2.05, 4.69) is 30.7 Å². The summed E-state index contributed by atoms with van der Waals surface area (Å²) < 4.78 is 0. The van der Waals surface area contributed by atoms with Gasteiger partial charge in [-0.2, -0.15) is 0 Å². The molecular formula is C11H26N2. The van der Waals surface area contributed by atoms with Crippen LogP contribution in [0.15, 0.2) is 0 Å². The maximum atomic E-state index is 2.58. The van der Waals surface area contributed by atoms with E-state index >= 15 is 0 Å². The zero-order valence-corrected chi connectivity index (χ0v) is 10.0. The van der Waals surface area contributed by atoms with E-state index in [4.69, 9.17) is 0 Å². The minimum Gasteiger partial charge on any atom is -0.304 e. The second-order valence-electron chi connectivity index (χ2n) is 3.65. The van der Waals surface area contributed by atoms with Crippen LogP contribution in [0, 0.1) is 0 Å². The smallest absolute Gasteiger partial charge is 0.0195 e. The molecule has 0 N–H and O–H groups in total. The molecule has 0 radical (unpaired) electrons. The first-order valence-corrected chi connectivity index (χ1v) is 5.66. The Morgan fingerprint density at radius 1 is 1.23 bits per heavy atom. The molecule has 1 heterocycles. The molecule has 0 aromatic rings. The van der Waals surface area contributed by atoms with Gasteiger partial charge in [0.05, 0.1) is 0 Å². The lowest BCUT2D eigenvalue weighted by molar-refractivity contribution is 0.100. The highest BCUT2D eigenvalue weighted by Crippen LogP contribution is 2.07. The van der Waals surface area contributed by atoms with E-state index < -0.39 is 0 Å². The predicted octanol–water partition coefficient (Wildman–Crippen LogP) is 2.06. The second kappa shape index (κ2) is 7.34. The van der Waals surface area contributed by atoms with Gasteiger partial charge in [0.15, 0.2) is 0 Å². The molecule has 0 bridgehead atoms. The number of likely N-dealkylation sites (N-methyl/N-ethyl adjacent to an activating group) is 1. The quantitative estimate of drug-likeness (QED) is 0.651. The predicted molar refractivity (Wildman–Crippen MR) is 60.2 cm³/mol. The lowest BCUT2D eigenvalue weighted by atomic mass is 10.2. The summed E-state index contributed by atoms with van der Waals surface area (Å²) in [5.41, 5.74) is 0. The van der Waals surface area contributed by atoms with Crippen molar-refractivity contribution < 1.29 is 0 Å². The third-order valence-electron chi connectivity index (χ3n) is 2.48. The van der Waals surface area contributed by atoms with Gasteiger partial charge in [-0.15, -0.1) is 0 Å². The van der Waals surface area contributed by atoms with Gasteiger partial charge in [-0.25, -0.2) is 0 Å². The topological polar surface area (TPSA) is 6.48 Å². The van der Waals surface area contributed by atoms with E-state index in [9.17, 15) is 0 Å². The minimum absolute atomic E-state index is 0.758. The number of hydrogen-bond donors (Lipinski definition) is 0. The Balaban J connectivity index is 0.000000671. The summed E-state index contributed by atoms with van der Waals surface area (Å²) in [5.74, 6) is 0. The third-order valence-corrected chi connectivity index (χ3v) is 2.48. The Labute approximate surface area is 83.9 Å². The summed E-state index contributed by atoms with van der Waals surface area (Å²) in [6.07, 6.45) is 1.29. The summed E-state index contributed by atoms with van der Waals surface area (Å²) in [6.45, 7) is 13.6. The Morgan fingerprint density at radius 3 is 2.31 bits per heavy atom. The van der Waals surface area contributed by atoms with E-state index in [-0.39, 0.29) is 0 Å². The van der Waals surface area contributed by atoms with Crippen molar-refractivity contribution in [3.63, 3.8) is 0 Å². The molecule has 0 aromatic carbocycles. The van der Waals surface area contributed by atoms with E-state index in [0.29, 0.717) is 0 Å². The van der Waals surface area contributed by atoms with Crippen LogP contribution in [0.25, 0.3) is 0 Å². The van der Waals surface area contributed by atoms with Crippen molar-refractivity contribution in [1.29, 1.82) is 0 Å². The van der Waals surface area contributed by atoms with Crippen molar-refractivity contribution in [2.45, 2.75) is 40.2 Å². The first-order valence-electron chi connectivity index (χ1n) is 5.66. The van der Waals surface area contributed by atoms with E-state index in [1.54, 1.807) is 0 Å². The average molecular weight is 186 g/mol. The van der Waals surface area contributed by atoms with Crippen LogP contribution in [0.1, 0.15) is 34.1 Å². The van der Waals surface area contributed by atoms with Gasteiger partial charge < -0.3 is 4.90 Å². The molecule has 1 aliphatic rings. The summed E-state index contributed by atoms with van der Waals surface area (Å²) in [5, 5.41) is 0. The zero-order chi connectivity index (χ0) is 10.3. The highest BCUT2D eigenvalue weighted by molar-refractivity contribution is 4.76. The molecule has 80 valence electrons. The van der Waals surface area contributed by atoms with Crippen molar-refractivity contribution in [3.05, 3.63) is 0 Å². The average Bonchev–Trinajstić information content (AvgIpc) is 2.14. The number of nitrogens with zero attached hydrogens (tertiary/aromatic N) is 2. The number of rotatable bonds is 2. The van der Waals surface area contributed by atoms with E-state index in [0.717, 1.165) is 6.04 Å². The van der Waals surface area contributed by atoms with Crippen LogP contribution in [-0.4, -0.2) is 49.1 Å². The summed E-state index contributed by atoms with van der Waals surface area (Å²) in [4.78, 5) is 5.00. The summed E-state index contributed by atoms with van der Waals surface area (Å²) >= 11 is 0. The third kappa shape index (κ3) is 4.63. The van der Waals surface area contributed by atoms with Gasteiger partial charge in [0.25, 0.3) is 0 Å². The SMILES string of the molecule is CC.CCCN1CCN(C)C[C@@H]1C. The van der Waals surface area contributed by atoms with Crippen LogP contribution >= 0.6 is 0 Å². The lowest BCUT2D eigenvalue weighted by Crippen LogP contribution is -2.50. The van der Waals surface area contributed by atoms with Crippen LogP contribution in [-0.2, 0) is 0 Å². The second-order valence-corrected chi connectivity index (χ2v) is 3.65. The Kier molecular flexibility index (Phi) is 7.29. The fraction of sp³-hybridized carbons (Fsp3) is 1.00. The van der Waals surface area contributed by atoms with E-state index in [1.165, 1.54) is 32.6 Å². The maximum Gasteiger partial charge on any atom is 0.0195 e. The molecule has 0 spiro atoms. The molecule has 0 unspecified atom stereocenters. The maximum absolute atomic E-state index is 2.58. The molecule has 0 amide bonds. The highest BCUT2D eigenvalue weighted by atomic mass is 15.3. The zero-order valence-electron chi connectivity index (χ0n) is 10.0. The lowest BCUT2D eigenvalue weighted by Gasteiger charge is -2.37. The highest BCUT2D eigenvalue weighted by Gasteiger charge is 2.19. The fourth-order valence-corrected chi connectivity index (χ4v) is 1.80. The van der Waals surface area contributed by atoms with Crippen molar-refractivity contribution in [1.82, 2.24) is 9.80 Å². The number of hydrogen-bond acceptors (Lipinski definition) is 2. The molecule has 0 aromatic heterocycles. The van der Waals surface area contributed by atoms with Crippen LogP contribution in [0.4, 0.5) is 0 Å². The summed E-state index contributed by atoms with van der Waals surface area (Å²) in [7, 11) is 2.21. The normalized spacial score (nSPS) is 25.2. The molecule has 2 heteroatoms. The molecule has 13 heavy (non-hydrogen) atoms. The van der Waals surface area contributed by atoms with E-state index in [1.807, 2.05) is 13.8 Å². The van der Waals surface area contributed by atoms with Crippen molar-refractivity contribution in [2.75, 3.05) is 33.2 Å². The molecular weight excluding hydrogens is 160 g/mol. The van der Waals surface area contributed by atoms with Gasteiger partial charge in [0.1, 0.15) is 0 Å². The fourth-order valence-electron chi connectivity index (χ4n) is 1.80. The molecule has 0 aliphatic carbocycles. The van der Waals surface area contributed by atoms with Crippen LogP contribution in [0.5, 0.6) is 0 Å². The van der Waals surface area contributed by atoms with Crippen LogP contribution in [0.2, 0.25) is 0 Å². The number of piperazine rings is 1. The Bertz CT molecular complexity index is 115. The molecule has 2 nitrogen and oxygen atoms in total. The summed E-state index contributed by atoms with van der Waals surface area (Å²) in [6, 6.07) is 0.758. The molecule has 0 saturated carbocycles. The molecule has 1 aliphatic heterocycles. The van der Waals surface area contributed by atoms with Gasteiger partial charge in [-0.1, -0.05) is 20.8 Å². The van der Waals surface area contributed by atoms with Gasteiger partial charge >= 0.3 is 0 Å². The largest absolute Gasteiger partial charge is 0.304 e. The van der Waals surface area contributed by atoms with Crippen molar-refractivity contribution in [3.8, 4) is 0 Å². The first-order chi connectivity index (χ1) is 6.24. The molecule has 1 rings (SSSR count). The molecule has 1 fully saturated rings. The Hall–Kier alpha value is -0.0800. The molecule has 1 atom stereocenters. The van der Waals surface area contributed by atoms with Gasteiger partial charge in [-0.05, 0) is 26.9 Å². The minimum atomic E-state index is 0.758. The van der Waals surface area contributed by atoms with Crippen molar-refractivity contribution in [2.24, 2.45) is 0 Å². The van der Waals surface area contributed by atoms with Gasteiger partial charge in [0, 0.05) is 25.7 Å².